The fraction of sp³-hybridized carbons (Fsp3) is 0.150. The van der Waals surface area contributed by atoms with Gasteiger partial charge in [0, 0.05) is 5.69 Å². The van der Waals surface area contributed by atoms with Gasteiger partial charge >= 0.3 is 5.97 Å². The maximum Gasteiger partial charge on any atom is 0.343 e. The van der Waals surface area contributed by atoms with Crippen LogP contribution >= 0.6 is 0 Å². The zero-order chi connectivity index (χ0) is 18.9. The summed E-state index contributed by atoms with van der Waals surface area (Å²) >= 11 is 0. The molecule has 0 aliphatic rings. The Balaban J connectivity index is 2.05. The molecule has 0 aromatic heterocycles. The number of nitrogens with zero attached hydrogens (tertiary/aromatic N) is 1. The Labute approximate surface area is 151 Å². The number of benzene rings is 2. The zero-order valence-electron chi connectivity index (χ0n) is 14.5. The van der Waals surface area contributed by atoms with Crippen LogP contribution in [0.3, 0.4) is 0 Å². The lowest BCUT2D eigenvalue weighted by atomic mass is 10.1. The zero-order valence-corrected chi connectivity index (χ0v) is 14.5. The van der Waals surface area contributed by atoms with E-state index in [0.29, 0.717) is 17.0 Å². The van der Waals surface area contributed by atoms with Crippen LogP contribution in [0.15, 0.2) is 54.1 Å². The fourth-order valence-corrected chi connectivity index (χ4v) is 2.01. The number of methoxy groups -OCH3 is 1. The van der Waals surface area contributed by atoms with Crippen LogP contribution in [0.4, 0.5) is 5.69 Å². The highest BCUT2D eigenvalue weighted by Gasteiger charge is 2.09. The summed E-state index contributed by atoms with van der Waals surface area (Å²) < 4.78 is 9.73. The van der Waals surface area contributed by atoms with Gasteiger partial charge < -0.3 is 14.8 Å². The van der Waals surface area contributed by atoms with E-state index in [1.807, 2.05) is 25.1 Å². The third-order valence-electron chi connectivity index (χ3n) is 3.45. The second-order valence-electron chi connectivity index (χ2n) is 5.42. The minimum Gasteiger partial charge on any atom is -0.482 e. The molecule has 1 amide bonds. The maximum atomic E-state index is 12.2. The van der Waals surface area contributed by atoms with Crippen LogP contribution in [-0.2, 0) is 14.3 Å². The molecule has 0 fully saturated rings. The fourth-order valence-electron chi connectivity index (χ4n) is 2.01. The van der Waals surface area contributed by atoms with Crippen molar-refractivity contribution in [1.29, 1.82) is 5.26 Å². The molecule has 0 radical (unpaired) electrons. The van der Waals surface area contributed by atoms with Crippen molar-refractivity contribution >= 4 is 23.6 Å². The SMILES string of the molecule is COC(=O)COc1ccc(/C=C(\C#N)C(=O)Nc2ccc(C)cc2)cc1. The molecule has 0 atom stereocenters. The molecule has 0 saturated carbocycles. The molecular formula is C20H18N2O4. The van der Waals surface area contributed by atoms with Crippen LogP contribution in [0.25, 0.3) is 6.08 Å². The number of carbonyl (C=O) groups excluding carboxylic acids is 2. The third kappa shape index (κ3) is 5.49. The smallest absolute Gasteiger partial charge is 0.343 e. The first kappa shape index (κ1) is 18.7. The van der Waals surface area contributed by atoms with Crippen LogP contribution in [0.2, 0.25) is 0 Å². The number of nitriles is 1. The number of nitrogens with one attached hydrogen (secondary N) is 1. The van der Waals surface area contributed by atoms with Crippen LogP contribution in [0, 0.1) is 18.3 Å². The van der Waals surface area contributed by atoms with E-state index in [-0.39, 0.29) is 12.2 Å². The summed E-state index contributed by atoms with van der Waals surface area (Å²) in [6.07, 6.45) is 1.48. The van der Waals surface area contributed by atoms with Crippen molar-refractivity contribution in [2.45, 2.75) is 6.92 Å². The molecule has 1 N–H and O–H groups in total. The molecule has 0 spiro atoms. The van der Waals surface area contributed by atoms with Gasteiger partial charge in [0.1, 0.15) is 17.4 Å². The van der Waals surface area contributed by atoms with E-state index in [1.165, 1.54) is 13.2 Å². The Bertz CT molecular complexity index is 847. The number of rotatable bonds is 6. The van der Waals surface area contributed by atoms with Crippen molar-refractivity contribution in [2.24, 2.45) is 0 Å². The summed E-state index contributed by atoms with van der Waals surface area (Å²) in [5.74, 6) is -0.481. The Morgan fingerprint density at radius 2 is 1.77 bits per heavy atom. The minimum atomic E-state index is -0.484. The molecule has 132 valence electrons. The molecule has 6 nitrogen and oxygen atoms in total. The predicted octanol–water partition coefficient (Wildman–Crippen LogP) is 3.09. The average molecular weight is 350 g/mol. The van der Waals surface area contributed by atoms with Crippen LogP contribution in [0.5, 0.6) is 5.75 Å². The molecule has 0 bridgehead atoms. The van der Waals surface area contributed by atoms with E-state index >= 15 is 0 Å². The lowest BCUT2D eigenvalue weighted by Gasteiger charge is -2.06. The molecule has 26 heavy (non-hydrogen) atoms. The van der Waals surface area contributed by atoms with Crippen LogP contribution in [0.1, 0.15) is 11.1 Å². The highest BCUT2D eigenvalue weighted by Crippen LogP contribution is 2.16. The predicted molar refractivity (Wildman–Crippen MR) is 97.4 cm³/mol. The third-order valence-corrected chi connectivity index (χ3v) is 3.45. The van der Waals surface area contributed by atoms with Crippen LogP contribution in [-0.4, -0.2) is 25.6 Å². The maximum absolute atomic E-state index is 12.2. The van der Waals surface area contributed by atoms with Crippen molar-refractivity contribution in [1.82, 2.24) is 0 Å². The second kappa shape index (κ2) is 9.04. The van der Waals surface area contributed by atoms with Crippen molar-refractivity contribution in [3.8, 4) is 11.8 Å². The molecular weight excluding hydrogens is 332 g/mol. The Morgan fingerprint density at radius 1 is 1.12 bits per heavy atom. The largest absolute Gasteiger partial charge is 0.482 e. The Kier molecular flexibility index (Phi) is 6.52. The van der Waals surface area contributed by atoms with Gasteiger partial charge in [-0.05, 0) is 42.8 Å². The lowest BCUT2D eigenvalue weighted by Crippen LogP contribution is -2.13. The summed E-state index contributed by atoms with van der Waals surface area (Å²) in [4.78, 5) is 23.3. The van der Waals surface area contributed by atoms with Crippen molar-refractivity contribution in [3.63, 3.8) is 0 Å². The molecule has 0 saturated heterocycles. The molecule has 6 heteroatoms. The monoisotopic (exact) mass is 350 g/mol. The van der Waals surface area contributed by atoms with Gasteiger partial charge in [0.2, 0.25) is 0 Å². The minimum absolute atomic E-state index is 0.0196. The molecule has 2 aromatic rings. The van der Waals surface area contributed by atoms with Gasteiger partial charge in [-0.3, -0.25) is 4.79 Å². The Hall–Kier alpha value is -3.59. The summed E-state index contributed by atoms with van der Waals surface area (Å²) in [5.41, 5.74) is 2.33. The summed E-state index contributed by atoms with van der Waals surface area (Å²) in [5, 5.41) is 11.9. The number of amides is 1. The van der Waals surface area contributed by atoms with Crippen molar-refractivity contribution in [2.75, 3.05) is 19.0 Å². The first-order valence-electron chi connectivity index (χ1n) is 7.81. The number of anilines is 1. The lowest BCUT2D eigenvalue weighted by molar-refractivity contribution is -0.142. The summed E-state index contributed by atoms with van der Waals surface area (Å²) in [7, 11) is 1.28. The van der Waals surface area contributed by atoms with Gasteiger partial charge in [-0.15, -0.1) is 0 Å². The number of carbonyl (C=O) groups is 2. The first-order valence-corrected chi connectivity index (χ1v) is 7.81. The molecule has 0 unspecified atom stereocenters. The highest BCUT2D eigenvalue weighted by molar-refractivity contribution is 6.09. The van der Waals surface area contributed by atoms with Crippen LogP contribution < -0.4 is 10.1 Å². The van der Waals surface area contributed by atoms with Gasteiger partial charge in [-0.1, -0.05) is 29.8 Å². The van der Waals surface area contributed by atoms with E-state index in [1.54, 1.807) is 36.4 Å². The first-order chi connectivity index (χ1) is 12.5. The summed E-state index contributed by atoms with van der Waals surface area (Å²) in [6, 6.07) is 15.8. The van der Waals surface area contributed by atoms with Gasteiger partial charge in [0.15, 0.2) is 6.61 Å². The number of hydrogen-bond acceptors (Lipinski definition) is 5. The van der Waals surface area contributed by atoms with Crippen molar-refractivity contribution in [3.05, 3.63) is 65.2 Å². The molecule has 2 rings (SSSR count). The quantitative estimate of drug-likeness (QED) is 0.491. The van der Waals surface area contributed by atoms with Gasteiger partial charge in [0.05, 0.1) is 7.11 Å². The second-order valence-corrected chi connectivity index (χ2v) is 5.42. The highest BCUT2D eigenvalue weighted by atomic mass is 16.6. The average Bonchev–Trinajstić information content (AvgIpc) is 2.66. The summed E-state index contributed by atoms with van der Waals surface area (Å²) in [6.45, 7) is 1.76. The number of ether oxygens (including phenoxy) is 2. The molecule has 0 heterocycles. The standard InChI is InChI=1S/C20H18N2O4/c1-14-3-7-17(8-4-14)22-20(24)16(12-21)11-15-5-9-18(10-6-15)26-13-19(23)25-2/h3-11H,13H2,1-2H3,(H,22,24)/b16-11+. The molecule has 0 aliphatic carbocycles. The van der Waals surface area contributed by atoms with Crippen molar-refractivity contribution < 1.29 is 19.1 Å². The molecule has 2 aromatic carbocycles. The van der Waals surface area contributed by atoms with E-state index in [2.05, 4.69) is 10.1 Å². The van der Waals surface area contributed by atoms with Gasteiger partial charge in [-0.2, -0.15) is 5.26 Å². The van der Waals surface area contributed by atoms with E-state index in [4.69, 9.17) is 4.74 Å². The number of esters is 1. The normalized spacial score (nSPS) is 10.6. The number of hydrogen-bond donors (Lipinski definition) is 1. The van der Waals surface area contributed by atoms with Gasteiger partial charge in [-0.25, -0.2) is 4.79 Å². The molecule has 0 aliphatic heterocycles. The van der Waals surface area contributed by atoms with E-state index in [9.17, 15) is 14.9 Å². The van der Waals surface area contributed by atoms with Gasteiger partial charge in [0.25, 0.3) is 5.91 Å². The van der Waals surface area contributed by atoms with E-state index in [0.717, 1.165) is 5.56 Å². The van der Waals surface area contributed by atoms with E-state index < -0.39 is 11.9 Å². The number of aryl methyl sites for hydroxylation is 1. The Morgan fingerprint density at radius 3 is 2.35 bits per heavy atom. The topological polar surface area (TPSA) is 88.4 Å².